The Morgan fingerprint density at radius 1 is 0.810 bits per heavy atom. The van der Waals surface area contributed by atoms with Gasteiger partial charge >= 0.3 is 0 Å². The van der Waals surface area contributed by atoms with Gasteiger partial charge in [-0.3, -0.25) is 0 Å². The number of hydrogen-bond acceptors (Lipinski definition) is 4. The van der Waals surface area contributed by atoms with Gasteiger partial charge in [-0.2, -0.15) is 0 Å². The van der Waals surface area contributed by atoms with Crippen LogP contribution in [0.25, 0.3) is 0 Å². The minimum absolute atomic E-state index is 0.259. The van der Waals surface area contributed by atoms with Gasteiger partial charge in [0.15, 0.2) is 0 Å². The molecule has 2 bridgehead atoms. The predicted molar refractivity (Wildman–Crippen MR) is 78.2 cm³/mol. The first-order valence-corrected chi connectivity index (χ1v) is 8.44. The largest absolute Gasteiger partial charge is 0.380 e. The van der Waals surface area contributed by atoms with Crippen molar-refractivity contribution < 1.29 is 18.9 Å². The van der Waals surface area contributed by atoms with Crippen molar-refractivity contribution in [2.24, 2.45) is 22.7 Å². The smallest absolute Gasteiger partial charge is 0.0631 e. The lowest BCUT2D eigenvalue weighted by atomic mass is 9.88. The molecule has 2 aliphatic carbocycles. The third-order valence-electron chi connectivity index (χ3n) is 5.79. The van der Waals surface area contributed by atoms with E-state index in [2.05, 4.69) is 13.8 Å². The van der Waals surface area contributed by atoms with E-state index in [9.17, 15) is 0 Å². The standard InChI is InChI=1S/C17H28O4/c1-16(6-18-7-16)10-20-14-4-12-3-13(14)15(5-12)21-11-17(2)8-19-9-17/h12-15H,3-11H2,1-2H3. The van der Waals surface area contributed by atoms with Crippen LogP contribution in [0.5, 0.6) is 0 Å². The fourth-order valence-corrected chi connectivity index (χ4v) is 4.29. The molecule has 21 heavy (non-hydrogen) atoms. The van der Waals surface area contributed by atoms with Gasteiger partial charge in [-0.1, -0.05) is 13.8 Å². The zero-order chi connectivity index (χ0) is 14.5. The summed E-state index contributed by atoms with van der Waals surface area (Å²) in [6.45, 7) is 9.62. The summed E-state index contributed by atoms with van der Waals surface area (Å²) in [6.07, 6.45) is 4.60. The Balaban J connectivity index is 1.27. The van der Waals surface area contributed by atoms with Crippen molar-refractivity contribution in [1.82, 2.24) is 0 Å². The quantitative estimate of drug-likeness (QED) is 0.753. The lowest BCUT2D eigenvalue weighted by molar-refractivity contribution is -0.175. The summed E-state index contributed by atoms with van der Waals surface area (Å²) in [4.78, 5) is 0. The maximum atomic E-state index is 6.26. The van der Waals surface area contributed by atoms with Gasteiger partial charge < -0.3 is 18.9 Å². The average molecular weight is 296 g/mol. The van der Waals surface area contributed by atoms with Gasteiger partial charge in [-0.05, 0) is 25.2 Å². The van der Waals surface area contributed by atoms with Crippen molar-refractivity contribution in [2.75, 3.05) is 39.6 Å². The molecule has 4 nitrogen and oxygen atoms in total. The third-order valence-corrected chi connectivity index (χ3v) is 5.79. The normalized spacial score (nSPS) is 42.6. The summed E-state index contributed by atoms with van der Waals surface area (Å²) in [5.74, 6) is 1.44. The zero-order valence-electron chi connectivity index (χ0n) is 13.3. The SMILES string of the molecule is CC1(COC2CC3CC(OCC4(C)COC4)C2C3)COC1. The van der Waals surface area contributed by atoms with Crippen molar-refractivity contribution in [3.05, 3.63) is 0 Å². The van der Waals surface area contributed by atoms with E-state index in [0.29, 0.717) is 18.1 Å². The van der Waals surface area contributed by atoms with Crippen molar-refractivity contribution >= 4 is 0 Å². The Hall–Kier alpha value is -0.160. The Morgan fingerprint density at radius 3 is 1.62 bits per heavy atom. The molecule has 4 rings (SSSR count). The summed E-state index contributed by atoms with van der Waals surface area (Å²) in [6, 6.07) is 0. The number of fused-ring (bicyclic) bond motifs is 2. The molecule has 2 saturated carbocycles. The summed E-state index contributed by atoms with van der Waals surface area (Å²) in [5, 5.41) is 0. The van der Waals surface area contributed by atoms with E-state index in [1.165, 1.54) is 19.3 Å². The minimum atomic E-state index is 0.259. The highest BCUT2D eigenvalue weighted by molar-refractivity contribution is 4.98. The van der Waals surface area contributed by atoms with Crippen LogP contribution in [0, 0.1) is 22.7 Å². The molecule has 0 aromatic heterocycles. The van der Waals surface area contributed by atoms with E-state index in [0.717, 1.165) is 45.6 Å². The highest BCUT2D eigenvalue weighted by Gasteiger charge is 2.49. The fraction of sp³-hybridized carbons (Fsp3) is 1.00. The molecule has 2 atom stereocenters. The fourth-order valence-electron chi connectivity index (χ4n) is 4.29. The van der Waals surface area contributed by atoms with Gasteiger partial charge in [0.05, 0.1) is 51.8 Å². The summed E-state index contributed by atoms with van der Waals surface area (Å²) >= 11 is 0. The first kappa shape index (κ1) is 14.4. The molecule has 0 amide bonds. The molecule has 120 valence electrons. The monoisotopic (exact) mass is 296 g/mol. The Bertz CT molecular complexity index is 354. The third kappa shape index (κ3) is 2.76. The second-order valence-electron chi connectivity index (χ2n) is 8.54. The van der Waals surface area contributed by atoms with Gasteiger partial charge in [-0.15, -0.1) is 0 Å². The van der Waals surface area contributed by atoms with E-state index < -0.39 is 0 Å². The van der Waals surface area contributed by atoms with Crippen LogP contribution in [0.15, 0.2) is 0 Å². The van der Waals surface area contributed by atoms with Crippen molar-refractivity contribution in [3.8, 4) is 0 Å². The summed E-state index contributed by atoms with van der Waals surface area (Å²) in [5.41, 5.74) is 0.518. The van der Waals surface area contributed by atoms with Crippen LogP contribution in [0.3, 0.4) is 0 Å². The van der Waals surface area contributed by atoms with Crippen LogP contribution >= 0.6 is 0 Å². The highest BCUT2D eigenvalue weighted by atomic mass is 16.5. The van der Waals surface area contributed by atoms with E-state index >= 15 is 0 Å². The Morgan fingerprint density at radius 2 is 1.29 bits per heavy atom. The molecule has 2 aliphatic heterocycles. The molecule has 0 aromatic rings. The van der Waals surface area contributed by atoms with Crippen LogP contribution < -0.4 is 0 Å². The molecule has 2 saturated heterocycles. The van der Waals surface area contributed by atoms with Gasteiger partial charge in [0.1, 0.15) is 0 Å². The number of hydrogen-bond donors (Lipinski definition) is 0. The maximum Gasteiger partial charge on any atom is 0.0631 e. The van der Waals surface area contributed by atoms with E-state index in [4.69, 9.17) is 18.9 Å². The first-order chi connectivity index (χ1) is 10.1. The van der Waals surface area contributed by atoms with E-state index in [1.807, 2.05) is 0 Å². The molecule has 4 heteroatoms. The van der Waals surface area contributed by atoms with Crippen molar-refractivity contribution in [3.63, 3.8) is 0 Å². The van der Waals surface area contributed by atoms with Crippen molar-refractivity contribution in [2.45, 2.75) is 45.3 Å². The summed E-state index contributed by atoms with van der Waals surface area (Å²) < 4.78 is 23.2. The van der Waals surface area contributed by atoms with Gasteiger partial charge in [-0.25, -0.2) is 0 Å². The molecule has 0 radical (unpaired) electrons. The van der Waals surface area contributed by atoms with Gasteiger partial charge in [0, 0.05) is 16.7 Å². The molecular weight excluding hydrogens is 268 g/mol. The lowest BCUT2D eigenvalue weighted by Crippen LogP contribution is -2.47. The molecule has 0 aromatic carbocycles. The zero-order valence-corrected chi connectivity index (χ0v) is 13.3. The van der Waals surface area contributed by atoms with Crippen LogP contribution in [0.4, 0.5) is 0 Å². The Labute approximate surface area is 127 Å². The molecular formula is C17H28O4. The van der Waals surface area contributed by atoms with Crippen LogP contribution in [0.1, 0.15) is 33.1 Å². The van der Waals surface area contributed by atoms with E-state index in [-0.39, 0.29) is 10.8 Å². The van der Waals surface area contributed by atoms with E-state index in [1.54, 1.807) is 0 Å². The first-order valence-electron chi connectivity index (χ1n) is 8.44. The molecule has 2 unspecified atom stereocenters. The highest BCUT2D eigenvalue weighted by Crippen LogP contribution is 2.48. The predicted octanol–water partition coefficient (Wildman–Crippen LogP) is 2.26. The van der Waals surface area contributed by atoms with Crippen LogP contribution in [-0.4, -0.2) is 51.8 Å². The topological polar surface area (TPSA) is 36.9 Å². The average Bonchev–Trinajstić information content (AvgIpc) is 2.98. The molecule has 0 spiro atoms. The maximum absolute atomic E-state index is 6.26. The van der Waals surface area contributed by atoms with Crippen LogP contribution in [-0.2, 0) is 18.9 Å². The number of ether oxygens (including phenoxy) is 4. The molecule has 0 N–H and O–H groups in total. The second kappa shape index (κ2) is 5.19. The Kier molecular flexibility index (Phi) is 3.57. The van der Waals surface area contributed by atoms with Crippen molar-refractivity contribution in [1.29, 1.82) is 0 Å². The second-order valence-corrected chi connectivity index (χ2v) is 8.54. The molecule has 4 aliphatic rings. The molecule has 2 heterocycles. The summed E-state index contributed by atoms with van der Waals surface area (Å²) in [7, 11) is 0. The minimum Gasteiger partial charge on any atom is -0.380 e. The van der Waals surface area contributed by atoms with Gasteiger partial charge in [0.25, 0.3) is 0 Å². The molecule has 4 fully saturated rings. The number of rotatable bonds is 6. The van der Waals surface area contributed by atoms with Gasteiger partial charge in [0.2, 0.25) is 0 Å². The van der Waals surface area contributed by atoms with Crippen LogP contribution in [0.2, 0.25) is 0 Å². The lowest BCUT2D eigenvalue weighted by Gasteiger charge is -2.41.